The number of rotatable bonds is 1. The smallest absolute Gasteiger partial charge is 0.225 e. The van der Waals surface area contributed by atoms with Crippen molar-refractivity contribution < 1.29 is 0 Å². The van der Waals surface area contributed by atoms with E-state index in [9.17, 15) is 0 Å². The van der Waals surface area contributed by atoms with Gasteiger partial charge in [0.25, 0.3) is 0 Å². The molecule has 60 valence electrons. The van der Waals surface area contributed by atoms with Crippen LogP contribution in [0.4, 0.5) is 11.9 Å². The van der Waals surface area contributed by atoms with Gasteiger partial charge in [-0.2, -0.15) is 15.0 Å². The molecular weight excluding hydrogens is 233 g/mol. The highest BCUT2D eigenvalue weighted by atomic mass is 79.9. The summed E-state index contributed by atoms with van der Waals surface area (Å²) < 4.78 is -0.491. The van der Waals surface area contributed by atoms with Crippen LogP contribution in [0.25, 0.3) is 0 Å². The van der Waals surface area contributed by atoms with Crippen molar-refractivity contribution in [2.24, 2.45) is 0 Å². The molecule has 0 fully saturated rings. The second kappa shape index (κ2) is 3.19. The first-order valence-corrected chi connectivity index (χ1v) is 4.00. The van der Waals surface area contributed by atoms with E-state index in [4.69, 9.17) is 23.1 Å². The van der Waals surface area contributed by atoms with Gasteiger partial charge >= 0.3 is 0 Å². The Morgan fingerprint density at radius 3 is 2.00 bits per heavy atom. The minimum atomic E-state index is -0.491. The molecule has 1 unspecified atom stereocenters. The minimum Gasteiger partial charge on any atom is -0.368 e. The lowest BCUT2D eigenvalue weighted by atomic mass is 10.7. The lowest BCUT2D eigenvalue weighted by Gasteiger charge is -2.00. The molecular formula is C4H5BrClN5. The summed E-state index contributed by atoms with van der Waals surface area (Å²) in [7, 11) is 0. The van der Waals surface area contributed by atoms with Crippen LogP contribution < -0.4 is 11.5 Å². The summed E-state index contributed by atoms with van der Waals surface area (Å²) >= 11 is 8.65. The summed E-state index contributed by atoms with van der Waals surface area (Å²) in [6.07, 6.45) is 0. The van der Waals surface area contributed by atoms with E-state index >= 15 is 0 Å². The molecule has 4 N–H and O–H groups in total. The Morgan fingerprint density at radius 1 is 1.18 bits per heavy atom. The Labute approximate surface area is 76.3 Å². The quantitative estimate of drug-likeness (QED) is 0.702. The van der Waals surface area contributed by atoms with Gasteiger partial charge in [-0.25, -0.2) is 0 Å². The van der Waals surface area contributed by atoms with E-state index in [2.05, 4.69) is 30.9 Å². The third-order valence-electron chi connectivity index (χ3n) is 0.882. The number of halogens is 2. The first-order chi connectivity index (χ1) is 5.09. The van der Waals surface area contributed by atoms with Crippen LogP contribution in [0, 0.1) is 0 Å². The van der Waals surface area contributed by atoms with Crippen molar-refractivity contribution in [2.75, 3.05) is 11.5 Å². The second-order valence-corrected chi connectivity index (χ2v) is 3.59. The molecule has 0 radical (unpaired) electrons. The molecule has 1 aromatic heterocycles. The molecule has 11 heavy (non-hydrogen) atoms. The normalized spacial score (nSPS) is 12.9. The average molecular weight is 238 g/mol. The number of nitrogens with two attached hydrogens (primary N) is 2. The Morgan fingerprint density at radius 2 is 1.64 bits per heavy atom. The predicted octanol–water partition coefficient (Wildman–Crippen LogP) is 0.668. The first-order valence-electron chi connectivity index (χ1n) is 2.64. The molecule has 0 aromatic carbocycles. The fourth-order valence-corrected chi connectivity index (χ4v) is 0.827. The van der Waals surface area contributed by atoms with E-state index in [0.29, 0.717) is 5.82 Å². The molecule has 1 heterocycles. The van der Waals surface area contributed by atoms with Crippen LogP contribution in [0.5, 0.6) is 0 Å². The molecule has 0 aliphatic heterocycles. The third kappa shape index (κ3) is 2.16. The van der Waals surface area contributed by atoms with Crippen molar-refractivity contribution in [3.8, 4) is 0 Å². The Bertz CT molecular complexity index is 244. The van der Waals surface area contributed by atoms with Gasteiger partial charge < -0.3 is 11.5 Å². The SMILES string of the molecule is Nc1nc(N)nc(C(Cl)Br)n1. The van der Waals surface area contributed by atoms with Crippen molar-refractivity contribution >= 4 is 39.4 Å². The van der Waals surface area contributed by atoms with Crippen LogP contribution in [0.15, 0.2) is 0 Å². The molecule has 1 atom stereocenters. The molecule has 1 aromatic rings. The van der Waals surface area contributed by atoms with Gasteiger partial charge in [-0.1, -0.05) is 15.9 Å². The van der Waals surface area contributed by atoms with Crippen LogP contribution in [0.3, 0.4) is 0 Å². The molecule has 0 aliphatic carbocycles. The molecule has 0 amide bonds. The molecule has 7 heteroatoms. The molecule has 0 bridgehead atoms. The summed E-state index contributed by atoms with van der Waals surface area (Å²) in [4.78, 5) is 11.0. The van der Waals surface area contributed by atoms with Gasteiger partial charge in [0.15, 0.2) is 5.82 Å². The fraction of sp³-hybridized carbons (Fsp3) is 0.250. The van der Waals surface area contributed by atoms with E-state index in [0.717, 1.165) is 0 Å². The van der Waals surface area contributed by atoms with Gasteiger partial charge in [-0.15, -0.1) is 11.6 Å². The topological polar surface area (TPSA) is 90.7 Å². The van der Waals surface area contributed by atoms with Crippen LogP contribution in [-0.2, 0) is 0 Å². The van der Waals surface area contributed by atoms with Gasteiger partial charge in [0.05, 0.1) is 0 Å². The lowest BCUT2D eigenvalue weighted by Crippen LogP contribution is -2.06. The van der Waals surface area contributed by atoms with E-state index in [1.807, 2.05) is 0 Å². The average Bonchev–Trinajstić information content (AvgIpc) is 1.85. The van der Waals surface area contributed by atoms with Gasteiger partial charge in [0.1, 0.15) is 4.29 Å². The van der Waals surface area contributed by atoms with E-state index in [1.165, 1.54) is 0 Å². The van der Waals surface area contributed by atoms with Crippen molar-refractivity contribution in [1.29, 1.82) is 0 Å². The highest BCUT2D eigenvalue weighted by Crippen LogP contribution is 2.23. The zero-order valence-electron chi connectivity index (χ0n) is 5.33. The van der Waals surface area contributed by atoms with Gasteiger partial charge in [-0.3, -0.25) is 0 Å². The Balaban J connectivity index is 3.08. The number of nitrogen functional groups attached to an aromatic ring is 2. The summed E-state index contributed by atoms with van der Waals surface area (Å²) in [6.45, 7) is 0. The highest BCUT2D eigenvalue weighted by Gasteiger charge is 2.08. The van der Waals surface area contributed by atoms with Crippen molar-refractivity contribution in [3.05, 3.63) is 5.82 Å². The van der Waals surface area contributed by atoms with E-state index < -0.39 is 4.29 Å². The molecule has 0 aliphatic rings. The summed E-state index contributed by atoms with van der Waals surface area (Å²) in [5.41, 5.74) is 10.6. The summed E-state index contributed by atoms with van der Waals surface area (Å²) in [6, 6.07) is 0. The number of hydrogen-bond donors (Lipinski definition) is 2. The minimum absolute atomic E-state index is 0.0672. The van der Waals surface area contributed by atoms with Crippen molar-refractivity contribution in [3.63, 3.8) is 0 Å². The summed E-state index contributed by atoms with van der Waals surface area (Å²) in [5, 5.41) is 0. The number of alkyl halides is 2. The monoisotopic (exact) mass is 237 g/mol. The maximum atomic E-state index is 5.60. The van der Waals surface area contributed by atoms with Crippen molar-refractivity contribution in [1.82, 2.24) is 15.0 Å². The zero-order chi connectivity index (χ0) is 8.43. The first kappa shape index (κ1) is 8.48. The molecule has 0 spiro atoms. The van der Waals surface area contributed by atoms with Gasteiger partial charge in [0.2, 0.25) is 11.9 Å². The fourth-order valence-electron chi connectivity index (χ4n) is 0.525. The van der Waals surface area contributed by atoms with Crippen LogP contribution in [0.1, 0.15) is 10.1 Å². The molecule has 0 saturated heterocycles. The number of anilines is 2. The molecule has 0 saturated carbocycles. The van der Waals surface area contributed by atoms with Crippen molar-refractivity contribution in [2.45, 2.75) is 4.29 Å². The largest absolute Gasteiger partial charge is 0.368 e. The Hall–Kier alpha value is -0.620. The number of nitrogens with zero attached hydrogens (tertiary/aromatic N) is 3. The maximum Gasteiger partial charge on any atom is 0.225 e. The lowest BCUT2D eigenvalue weighted by molar-refractivity contribution is 0.981. The van der Waals surface area contributed by atoms with E-state index in [1.54, 1.807) is 0 Å². The van der Waals surface area contributed by atoms with Gasteiger partial charge in [-0.05, 0) is 0 Å². The van der Waals surface area contributed by atoms with Crippen LogP contribution >= 0.6 is 27.5 Å². The van der Waals surface area contributed by atoms with Crippen LogP contribution in [-0.4, -0.2) is 15.0 Å². The van der Waals surface area contributed by atoms with Gasteiger partial charge in [0, 0.05) is 0 Å². The Kier molecular flexibility index (Phi) is 2.45. The summed E-state index contributed by atoms with van der Waals surface area (Å²) in [5.74, 6) is 0.451. The zero-order valence-corrected chi connectivity index (χ0v) is 7.67. The maximum absolute atomic E-state index is 5.60. The highest BCUT2D eigenvalue weighted by molar-refractivity contribution is 9.09. The number of hydrogen-bond acceptors (Lipinski definition) is 5. The third-order valence-corrected chi connectivity index (χ3v) is 1.49. The number of aromatic nitrogens is 3. The van der Waals surface area contributed by atoms with Crippen LogP contribution in [0.2, 0.25) is 0 Å². The second-order valence-electron chi connectivity index (χ2n) is 1.71. The standard InChI is InChI=1S/C4H5BrClN5/c5-1(6)2-9-3(7)11-4(8)10-2/h1H,(H4,7,8,9,10,11). The molecule has 1 rings (SSSR count). The predicted molar refractivity (Wildman–Crippen MR) is 46.2 cm³/mol. The van der Waals surface area contributed by atoms with E-state index in [-0.39, 0.29) is 11.9 Å². The molecule has 5 nitrogen and oxygen atoms in total.